The lowest BCUT2D eigenvalue weighted by Crippen LogP contribution is -2.41. The van der Waals surface area contributed by atoms with Gasteiger partial charge in [0, 0.05) is 5.69 Å². The van der Waals surface area contributed by atoms with Crippen LogP contribution in [0, 0.1) is 6.92 Å². The molecule has 2 aromatic carbocycles. The SMILES string of the molecule is Cc1ccccc1NCC1(c2ccccc2)CC(O)=CC(=O)O1. The van der Waals surface area contributed by atoms with Crippen molar-refractivity contribution in [2.24, 2.45) is 0 Å². The molecule has 3 rings (SSSR count). The van der Waals surface area contributed by atoms with Crippen molar-refractivity contribution in [1.29, 1.82) is 0 Å². The summed E-state index contributed by atoms with van der Waals surface area (Å²) in [5, 5.41) is 13.3. The van der Waals surface area contributed by atoms with Gasteiger partial charge in [-0.25, -0.2) is 4.79 Å². The Kier molecular flexibility index (Phi) is 4.06. The number of carbonyl (C=O) groups is 1. The monoisotopic (exact) mass is 309 g/mol. The Morgan fingerprint density at radius 1 is 1.13 bits per heavy atom. The second-order valence-corrected chi connectivity index (χ2v) is 5.76. The number of anilines is 1. The zero-order valence-electron chi connectivity index (χ0n) is 13.0. The van der Waals surface area contributed by atoms with E-state index in [0.29, 0.717) is 6.54 Å². The topological polar surface area (TPSA) is 58.6 Å². The molecule has 118 valence electrons. The third-order valence-electron chi connectivity index (χ3n) is 4.06. The molecule has 1 heterocycles. The van der Waals surface area contributed by atoms with Crippen molar-refractivity contribution in [2.75, 3.05) is 11.9 Å². The van der Waals surface area contributed by atoms with E-state index in [1.54, 1.807) is 0 Å². The van der Waals surface area contributed by atoms with Crippen LogP contribution in [0.2, 0.25) is 0 Å². The quantitative estimate of drug-likeness (QED) is 0.846. The summed E-state index contributed by atoms with van der Waals surface area (Å²) < 4.78 is 5.65. The Morgan fingerprint density at radius 3 is 2.52 bits per heavy atom. The van der Waals surface area contributed by atoms with E-state index < -0.39 is 11.6 Å². The Labute approximate surface area is 135 Å². The summed E-state index contributed by atoms with van der Waals surface area (Å²) in [4.78, 5) is 11.9. The van der Waals surface area contributed by atoms with Gasteiger partial charge in [-0.2, -0.15) is 0 Å². The van der Waals surface area contributed by atoms with Crippen LogP contribution in [-0.4, -0.2) is 17.6 Å². The minimum Gasteiger partial charge on any atom is -0.512 e. The van der Waals surface area contributed by atoms with Crippen molar-refractivity contribution < 1.29 is 14.6 Å². The summed E-state index contributed by atoms with van der Waals surface area (Å²) in [5.41, 5.74) is 2.03. The molecular weight excluding hydrogens is 290 g/mol. The molecule has 0 saturated carbocycles. The number of aryl methyl sites for hydroxylation is 1. The normalized spacial score (nSPS) is 20.6. The fourth-order valence-electron chi connectivity index (χ4n) is 2.85. The van der Waals surface area contributed by atoms with Crippen molar-refractivity contribution in [1.82, 2.24) is 0 Å². The van der Waals surface area contributed by atoms with Crippen LogP contribution in [0.5, 0.6) is 0 Å². The summed E-state index contributed by atoms with van der Waals surface area (Å²) >= 11 is 0. The number of aliphatic hydroxyl groups is 1. The van der Waals surface area contributed by atoms with Crippen LogP contribution < -0.4 is 5.32 Å². The molecule has 2 N–H and O–H groups in total. The molecule has 0 fully saturated rings. The Bertz CT molecular complexity index is 739. The summed E-state index contributed by atoms with van der Waals surface area (Å²) in [7, 11) is 0. The second kappa shape index (κ2) is 6.16. The first-order valence-corrected chi connectivity index (χ1v) is 7.57. The van der Waals surface area contributed by atoms with Gasteiger partial charge in [-0.15, -0.1) is 0 Å². The number of rotatable bonds is 4. The van der Waals surface area contributed by atoms with Gasteiger partial charge in [-0.05, 0) is 24.1 Å². The molecule has 0 amide bonds. The van der Waals surface area contributed by atoms with Gasteiger partial charge in [0.1, 0.15) is 5.76 Å². The predicted molar refractivity (Wildman–Crippen MR) is 89.2 cm³/mol. The highest BCUT2D eigenvalue weighted by Crippen LogP contribution is 2.36. The van der Waals surface area contributed by atoms with Crippen LogP contribution in [0.25, 0.3) is 0 Å². The van der Waals surface area contributed by atoms with Crippen molar-refractivity contribution in [3.63, 3.8) is 0 Å². The molecule has 1 atom stereocenters. The fourth-order valence-corrected chi connectivity index (χ4v) is 2.85. The van der Waals surface area contributed by atoms with Crippen LogP contribution in [0.3, 0.4) is 0 Å². The lowest BCUT2D eigenvalue weighted by atomic mass is 9.87. The lowest BCUT2D eigenvalue weighted by molar-refractivity contribution is -0.156. The van der Waals surface area contributed by atoms with E-state index in [2.05, 4.69) is 5.32 Å². The van der Waals surface area contributed by atoms with Gasteiger partial charge < -0.3 is 15.2 Å². The summed E-state index contributed by atoms with van der Waals surface area (Å²) in [6, 6.07) is 17.4. The molecule has 0 radical (unpaired) electrons. The largest absolute Gasteiger partial charge is 0.512 e. The minimum absolute atomic E-state index is 0.0386. The zero-order valence-corrected chi connectivity index (χ0v) is 13.0. The number of nitrogens with one attached hydrogen (secondary N) is 1. The number of aliphatic hydroxyl groups excluding tert-OH is 1. The zero-order chi connectivity index (χ0) is 16.3. The third kappa shape index (κ3) is 3.21. The van der Waals surface area contributed by atoms with Gasteiger partial charge in [0.15, 0.2) is 5.60 Å². The molecule has 0 bridgehead atoms. The number of hydrogen-bond acceptors (Lipinski definition) is 4. The molecule has 0 aliphatic carbocycles. The first-order chi connectivity index (χ1) is 11.1. The van der Waals surface area contributed by atoms with E-state index in [0.717, 1.165) is 22.9 Å². The number of carbonyl (C=O) groups excluding carboxylic acids is 1. The van der Waals surface area contributed by atoms with E-state index >= 15 is 0 Å². The molecule has 0 saturated heterocycles. The second-order valence-electron chi connectivity index (χ2n) is 5.76. The Balaban J connectivity index is 1.92. The van der Waals surface area contributed by atoms with Crippen molar-refractivity contribution in [3.8, 4) is 0 Å². The van der Waals surface area contributed by atoms with E-state index in [1.807, 2.05) is 61.5 Å². The molecule has 0 aromatic heterocycles. The molecule has 4 heteroatoms. The van der Waals surface area contributed by atoms with Gasteiger partial charge >= 0.3 is 5.97 Å². The highest BCUT2D eigenvalue weighted by molar-refractivity contribution is 5.84. The number of benzene rings is 2. The summed E-state index contributed by atoms with van der Waals surface area (Å²) in [5.74, 6) is -0.485. The van der Waals surface area contributed by atoms with E-state index in [9.17, 15) is 9.90 Å². The number of esters is 1. The molecule has 4 nitrogen and oxygen atoms in total. The first-order valence-electron chi connectivity index (χ1n) is 7.57. The van der Waals surface area contributed by atoms with Crippen molar-refractivity contribution >= 4 is 11.7 Å². The standard InChI is InChI=1S/C19H19NO3/c1-14-7-5-6-10-17(14)20-13-19(15-8-3-2-4-9-15)12-16(21)11-18(22)23-19/h2-11,20-21H,12-13H2,1H3. The van der Waals surface area contributed by atoms with Gasteiger partial charge in [0.2, 0.25) is 0 Å². The number of para-hydroxylation sites is 1. The average Bonchev–Trinajstić information content (AvgIpc) is 2.54. The number of ether oxygens (including phenoxy) is 1. The van der Waals surface area contributed by atoms with Crippen molar-refractivity contribution in [3.05, 3.63) is 77.6 Å². The molecule has 1 aliphatic heterocycles. The van der Waals surface area contributed by atoms with E-state index in [1.165, 1.54) is 0 Å². The van der Waals surface area contributed by atoms with Gasteiger partial charge in [0.25, 0.3) is 0 Å². The van der Waals surface area contributed by atoms with Crippen molar-refractivity contribution in [2.45, 2.75) is 18.9 Å². The number of hydrogen-bond donors (Lipinski definition) is 2. The lowest BCUT2D eigenvalue weighted by Gasteiger charge is -2.36. The Morgan fingerprint density at radius 2 is 1.83 bits per heavy atom. The number of cyclic esters (lactones) is 1. The van der Waals surface area contributed by atoms with E-state index in [4.69, 9.17) is 4.74 Å². The summed E-state index contributed by atoms with van der Waals surface area (Å²) in [6.07, 6.45) is 1.39. The smallest absolute Gasteiger partial charge is 0.335 e. The van der Waals surface area contributed by atoms with Crippen LogP contribution in [0.1, 0.15) is 17.5 Å². The highest BCUT2D eigenvalue weighted by atomic mass is 16.6. The maximum absolute atomic E-state index is 11.9. The van der Waals surface area contributed by atoms with Crippen LogP contribution in [0.4, 0.5) is 5.69 Å². The maximum atomic E-state index is 11.9. The third-order valence-corrected chi connectivity index (χ3v) is 4.06. The molecule has 23 heavy (non-hydrogen) atoms. The predicted octanol–water partition coefficient (Wildman–Crippen LogP) is 3.69. The maximum Gasteiger partial charge on any atom is 0.335 e. The molecular formula is C19H19NO3. The fraction of sp³-hybridized carbons (Fsp3) is 0.211. The van der Waals surface area contributed by atoms with Gasteiger partial charge in [-0.3, -0.25) is 0 Å². The minimum atomic E-state index is -0.917. The van der Waals surface area contributed by atoms with Crippen LogP contribution in [0.15, 0.2) is 66.4 Å². The average molecular weight is 309 g/mol. The molecule has 1 aliphatic rings. The first kappa shape index (κ1) is 15.2. The van der Waals surface area contributed by atoms with Crippen LogP contribution >= 0.6 is 0 Å². The molecule has 1 unspecified atom stereocenters. The van der Waals surface area contributed by atoms with Crippen LogP contribution in [-0.2, 0) is 15.1 Å². The molecule has 0 spiro atoms. The van der Waals surface area contributed by atoms with Gasteiger partial charge in [0.05, 0.1) is 19.0 Å². The summed E-state index contributed by atoms with van der Waals surface area (Å²) in [6.45, 7) is 2.40. The highest BCUT2D eigenvalue weighted by Gasteiger charge is 2.40. The van der Waals surface area contributed by atoms with Gasteiger partial charge in [-0.1, -0.05) is 48.5 Å². The van der Waals surface area contributed by atoms with E-state index in [-0.39, 0.29) is 12.2 Å². The Hall–Kier alpha value is -2.75. The molecule has 2 aromatic rings.